The maximum Gasteiger partial charge on any atom is 0.257 e. The molecule has 0 aliphatic heterocycles. The van der Waals surface area contributed by atoms with E-state index >= 15 is 0 Å². The molecule has 1 aromatic rings. The molecule has 0 heterocycles. The van der Waals surface area contributed by atoms with Crippen molar-refractivity contribution >= 4 is 21.8 Å². The molecule has 6 heteroatoms. The predicted octanol–water partition coefficient (Wildman–Crippen LogP) is 2.21. The number of amides is 1. The fraction of sp³-hybridized carbons (Fsp3) is 0.500. The summed E-state index contributed by atoms with van der Waals surface area (Å²) in [7, 11) is 0. The summed E-state index contributed by atoms with van der Waals surface area (Å²) in [6, 6.07) is 3.69. The van der Waals surface area contributed by atoms with Gasteiger partial charge in [0.25, 0.3) is 5.91 Å². The molecule has 1 rings (SSSR count). The van der Waals surface area contributed by atoms with Crippen LogP contribution in [0.15, 0.2) is 16.6 Å². The number of carbonyl (C=O) groups is 1. The van der Waals surface area contributed by atoms with Gasteiger partial charge in [0.15, 0.2) is 18.1 Å². The van der Waals surface area contributed by atoms with Crippen molar-refractivity contribution in [3.63, 3.8) is 0 Å². The van der Waals surface area contributed by atoms with E-state index < -0.39 is 0 Å². The lowest BCUT2D eigenvalue weighted by Gasteiger charge is -2.15. The molecule has 1 aromatic carbocycles. The number of ether oxygens (including phenoxy) is 2. The Balaban J connectivity index is 2.79. The average molecular weight is 345 g/mol. The summed E-state index contributed by atoms with van der Waals surface area (Å²) >= 11 is 3.42. The van der Waals surface area contributed by atoms with Crippen molar-refractivity contribution in [2.45, 2.75) is 26.8 Å². The van der Waals surface area contributed by atoms with Gasteiger partial charge >= 0.3 is 0 Å². The Morgan fingerprint density at radius 3 is 2.70 bits per heavy atom. The number of halogens is 1. The molecule has 0 atom stereocenters. The molecular weight excluding hydrogens is 324 g/mol. The maximum absolute atomic E-state index is 11.6. The summed E-state index contributed by atoms with van der Waals surface area (Å²) in [5.74, 6) is 0.963. The monoisotopic (exact) mass is 344 g/mol. The lowest BCUT2D eigenvalue weighted by Crippen LogP contribution is -2.29. The summed E-state index contributed by atoms with van der Waals surface area (Å²) in [6.07, 6.45) is 0.894. The summed E-state index contributed by atoms with van der Waals surface area (Å²) < 4.78 is 11.8. The van der Waals surface area contributed by atoms with Crippen molar-refractivity contribution in [1.82, 2.24) is 5.32 Å². The van der Waals surface area contributed by atoms with Gasteiger partial charge in [0.1, 0.15) is 0 Å². The SMILES string of the molecule is CCCNC(=O)COc1c(Br)cc(CN)cc1OCC. The molecule has 0 aliphatic rings. The molecule has 0 spiro atoms. The van der Waals surface area contributed by atoms with Crippen molar-refractivity contribution in [2.75, 3.05) is 19.8 Å². The van der Waals surface area contributed by atoms with Crippen LogP contribution in [0.2, 0.25) is 0 Å². The highest BCUT2D eigenvalue weighted by Gasteiger charge is 2.13. The summed E-state index contributed by atoms with van der Waals surface area (Å²) in [5, 5.41) is 2.76. The Labute approximate surface area is 127 Å². The zero-order valence-electron chi connectivity index (χ0n) is 11.9. The van der Waals surface area contributed by atoms with Gasteiger partial charge in [-0.3, -0.25) is 4.79 Å². The highest BCUT2D eigenvalue weighted by Crippen LogP contribution is 2.36. The Kier molecular flexibility index (Phi) is 7.40. The third kappa shape index (κ3) is 5.02. The Bertz CT molecular complexity index is 452. The van der Waals surface area contributed by atoms with Crippen LogP contribution in [-0.4, -0.2) is 25.7 Å². The first-order valence-electron chi connectivity index (χ1n) is 6.67. The van der Waals surface area contributed by atoms with Crippen LogP contribution in [0.25, 0.3) is 0 Å². The van der Waals surface area contributed by atoms with Crippen LogP contribution in [-0.2, 0) is 11.3 Å². The van der Waals surface area contributed by atoms with Crippen LogP contribution in [0.5, 0.6) is 11.5 Å². The van der Waals surface area contributed by atoms with E-state index in [-0.39, 0.29) is 12.5 Å². The van der Waals surface area contributed by atoms with E-state index in [4.69, 9.17) is 15.2 Å². The molecule has 1 amide bonds. The van der Waals surface area contributed by atoms with Crippen LogP contribution in [0, 0.1) is 0 Å². The number of hydrogen-bond acceptors (Lipinski definition) is 4. The molecule has 0 bridgehead atoms. The smallest absolute Gasteiger partial charge is 0.257 e. The average Bonchev–Trinajstić information content (AvgIpc) is 2.44. The van der Waals surface area contributed by atoms with Crippen molar-refractivity contribution in [2.24, 2.45) is 5.73 Å². The normalized spacial score (nSPS) is 10.2. The zero-order valence-corrected chi connectivity index (χ0v) is 13.5. The van der Waals surface area contributed by atoms with Gasteiger partial charge in [0, 0.05) is 13.1 Å². The second kappa shape index (κ2) is 8.81. The van der Waals surface area contributed by atoms with E-state index in [1.807, 2.05) is 26.0 Å². The number of rotatable bonds is 8. The fourth-order valence-corrected chi connectivity index (χ4v) is 2.20. The van der Waals surface area contributed by atoms with Crippen LogP contribution in [0.3, 0.4) is 0 Å². The van der Waals surface area contributed by atoms with Crippen LogP contribution in [0.1, 0.15) is 25.8 Å². The van der Waals surface area contributed by atoms with Crippen molar-refractivity contribution in [3.05, 3.63) is 22.2 Å². The van der Waals surface area contributed by atoms with Gasteiger partial charge in [0.2, 0.25) is 0 Å². The van der Waals surface area contributed by atoms with Gasteiger partial charge in [-0.05, 0) is 47.0 Å². The van der Waals surface area contributed by atoms with Crippen LogP contribution < -0.4 is 20.5 Å². The van der Waals surface area contributed by atoms with Gasteiger partial charge in [-0.25, -0.2) is 0 Å². The van der Waals surface area contributed by atoms with Gasteiger partial charge < -0.3 is 20.5 Å². The molecule has 0 aromatic heterocycles. The summed E-state index contributed by atoms with van der Waals surface area (Å²) in [4.78, 5) is 11.6. The van der Waals surface area contributed by atoms with Gasteiger partial charge in [-0.1, -0.05) is 6.92 Å². The lowest BCUT2D eigenvalue weighted by atomic mass is 10.2. The second-order valence-corrected chi connectivity index (χ2v) is 5.04. The topological polar surface area (TPSA) is 73.6 Å². The van der Waals surface area contributed by atoms with Gasteiger partial charge in [0.05, 0.1) is 11.1 Å². The molecule has 112 valence electrons. The van der Waals surface area contributed by atoms with Crippen molar-refractivity contribution < 1.29 is 14.3 Å². The summed E-state index contributed by atoms with van der Waals surface area (Å²) in [5.41, 5.74) is 6.56. The Morgan fingerprint density at radius 2 is 2.10 bits per heavy atom. The maximum atomic E-state index is 11.6. The Morgan fingerprint density at radius 1 is 1.35 bits per heavy atom. The fourth-order valence-electron chi connectivity index (χ4n) is 1.60. The molecule has 0 unspecified atom stereocenters. The number of carbonyl (C=O) groups excluding carboxylic acids is 1. The first kappa shape index (κ1) is 16.8. The lowest BCUT2D eigenvalue weighted by molar-refractivity contribution is -0.123. The number of benzene rings is 1. The molecule has 20 heavy (non-hydrogen) atoms. The minimum absolute atomic E-state index is 0.0410. The third-order valence-corrected chi connectivity index (χ3v) is 3.11. The standard InChI is InChI=1S/C14H21BrN2O3/c1-3-5-17-13(18)9-20-14-11(15)6-10(8-16)7-12(14)19-4-2/h6-7H,3-5,8-9,16H2,1-2H3,(H,17,18). The van der Waals surface area contributed by atoms with Crippen LogP contribution >= 0.6 is 15.9 Å². The molecule has 0 aliphatic carbocycles. The molecule has 0 saturated carbocycles. The number of nitrogens with two attached hydrogens (primary N) is 1. The van der Waals surface area contributed by atoms with Crippen molar-refractivity contribution in [1.29, 1.82) is 0 Å². The van der Waals surface area contributed by atoms with E-state index in [0.717, 1.165) is 16.5 Å². The number of hydrogen-bond donors (Lipinski definition) is 2. The van der Waals surface area contributed by atoms with Gasteiger partial charge in [-0.2, -0.15) is 0 Å². The first-order valence-corrected chi connectivity index (χ1v) is 7.46. The summed E-state index contributed by atoms with van der Waals surface area (Å²) in [6.45, 7) is 5.42. The van der Waals surface area contributed by atoms with Crippen molar-refractivity contribution in [3.8, 4) is 11.5 Å². The first-order chi connectivity index (χ1) is 9.62. The van der Waals surface area contributed by atoms with Crippen LogP contribution in [0.4, 0.5) is 0 Å². The molecule has 0 saturated heterocycles. The zero-order chi connectivity index (χ0) is 15.0. The van der Waals surface area contributed by atoms with E-state index in [1.165, 1.54) is 0 Å². The molecular formula is C14H21BrN2O3. The highest BCUT2D eigenvalue weighted by molar-refractivity contribution is 9.10. The molecule has 3 N–H and O–H groups in total. The predicted molar refractivity (Wildman–Crippen MR) is 82.0 cm³/mol. The number of nitrogens with one attached hydrogen (secondary N) is 1. The van der Waals surface area contributed by atoms with E-state index in [2.05, 4.69) is 21.2 Å². The van der Waals surface area contributed by atoms with E-state index in [0.29, 0.717) is 31.2 Å². The quantitative estimate of drug-likeness (QED) is 0.758. The minimum atomic E-state index is -0.149. The Hall–Kier alpha value is -1.27. The minimum Gasteiger partial charge on any atom is -0.490 e. The van der Waals surface area contributed by atoms with E-state index in [9.17, 15) is 4.79 Å². The van der Waals surface area contributed by atoms with Gasteiger partial charge in [-0.15, -0.1) is 0 Å². The molecule has 0 radical (unpaired) electrons. The second-order valence-electron chi connectivity index (χ2n) is 4.18. The molecule has 5 nitrogen and oxygen atoms in total. The largest absolute Gasteiger partial charge is 0.490 e. The highest BCUT2D eigenvalue weighted by atomic mass is 79.9. The van der Waals surface area contributed by atoms with E-state index in [1.54, 1.807) is 0 Å². The third-order valence-electron chi connectivity index (χ3n) is 2.52. The molecule has 0 fully saturated rings.